The lowest BCUT2D eigenvalue weighted by atomic mass is 9.33. The lowest BCUT2D eigenvalue weighted by Crippen LogP contribution is -2.65. The molecule has 0 aromatic heterocycles. The quantitative estimate of drug-likeness (QED) is 0.483. The molecule has 5 rings (SSSR count). The molecule has 5 aliphatic carbocycles. The summed E-state index contributed by atoms with van der Waals surface area (Å²) in [6.07, 6.45) is 9.99. The Bertz CT molecular complexity index is 914. The minimum absolute atomic E-state index is 0.0312. The zero-order chi connectivity index (χ0) is 24.2. The van der Waals surface area contributed by atoms with E-state index >= 15 is 0 Å². The Kier molecular flexibility index (Phi) is 5.08. The van der Waals surface area contributed by atoms with Gasteiger partial charge in [0.25, 0.3) is 0 Å². The molecule has 0 aromatic carbocycles. The molecule has 3 nitrogen and oxygen atoms in total. The summed E-state index contributed by atoms with van der Waals surface area (Å²) in [7, 11) is 0. The van der Waals surface area contributed by atoms with Crippen LogP contribution in [0.25, 0.3) is 0 Å². The van der Waals surface area contributed by atoms with Crippen LogP contribution in [0, 0.1) is 50.7 Å². The first-order valence-corrected chi connectivity index (χ1v) is 13.7. The van der Waals surface area contributed by atoms with E-state index in [-0.39, 0.29) is 39.5 Å². The Balaban J connectivity index is 1.61. The van der Waals surface area contributed by atoms with Crippen LogP contribution in [0.15, 0.2) is 11.1 Å². The van der Waals surface area contributed by atoms with Crippen LogP contribution in [0.2, 0.25) is 0 Å². The van der Waals surface area contributed by atoms with Crippen molar-refractivity contribution in [3.8, 4) is 0 Å². The van der Waals surface area contributed by atoms with Crippen LogP contribution in [0.5, 0.6) is 0 Å². The summed E-state index contributed by atoms with van der Waals surface area (Å²) < 4.78 is 0. The van der Waals surface area contributed by atoms with Crippen molar-refractivity contribution in [3.63, 3.8) is 0 Å². The van der Waals surface area contributed by atoms with Crippen LogP contribution in [-0.2, 0) is 9.59 Å². The van der Waals surface area contributed by atoms with Gasteiger partial charge in [0.05, 0.1) is 11.5 Å². The number of allylic oxidation sites excluding steroid dienone is 2. The van der Waals surface area contributed by atoms with Gasteiger partial charge in [0, 0.05) is 6.42 Å². The van der Waals surface area contributed by atoms with E-state index in [4.69, 9.17) is 0 Å². The van der Waals surface area contributed by atoms with Crippen LogP contribution in [0.4, 0.5) is 0 Å². The fourth-order valence-electron chi connectivity index (χ4n) is 10.8. The monoisotopic (exact) mass is 454 g/mol. The number of aliphatic hydroxyl groups is 1. The Morgan fingerprint density at radius 1 is 0.879 bits per heavy atom. The van der Waals surface area contributed by atoms with E-state index < -0.39 is 5.41 Å². The highest BCUT2D eigenvalue weighted by Gasteiger charge is 2.69. The summed E-state index contributed by atoms with van der Waals surface area (Å²) in [5.41, 5.74) is 2.29. The Hall–Kier alpha value is -0.960. The number of Topliss-reactive ketones (excluding diaryl/α,β-unsaturated/α-hetero) is 1. The third-order valence-electron chi connectivity index (χ3n) is 12.7. The topological polar surface area (TPSA) is 54.4 Å². The van der Waals surface area contributed by atoms with Gasteiger partial charge in [0.15, 0.2) is 5.78 Å². The van der Waals surface area contributed by atoms with Crippen molar-refractivity contribution in [2.75, 3.05) is 0 Å². The molecular weight excluding hydrogens is 408 g/mol. The molecule has 5 aliphatic rings. The summed E-state index contributed by atoms with van der Waals surface area (Å²) in [4.78, 5) is 25.7. The Morgan fingerprint density at radius 2 is 1.58 bits per heavy atom. The molecule has 0 aliphatic heterocycles. The second-order valence-corrected chi connectivity index (χ2v) is 14.3. The normalized spacial score (nSPS) is 51.0. The maximum atomic E-state index is 13.2. The molecule has 33 heavy (non-hydrogen) atoms. The summed E-state index contributed by atoms with van der Waals surface area (Å²) in [6.45, 7) is 16.5. The van der Waals surface area contributed by atoms with Crippen molar-refractivity contribution >= 4 is 12.1 Å². The van der Waals surface area contributed by atoms with E-state index in [9.17, 15) is 14.7 Å². The molecule has 3 heteroatoms. The number of carbonyl (C=O) groups is 2. The first-order valence-electron chi connectivity index (χ1n) is 13.7. The molecule has 4 saturated carbocycles. The van der Waals surface area contributed by atoms with Crippen LogP contribution in [0.1, 0.15) is 106 Å². The van der Waals surface area contributed by atoms with Gasteiger partial charge in [-0.15, -0.1) is 0 Å². The van der Waals surface area contributed by atoms with Crippen LogP contribution < -0.4 is 0 Å². The maximum Gasteiger partial charge on any atom is 0.160 e. The van der Waals surface area contributed by atoms with Crippen LogP contribution in [0.3, 0.4) is 0 Å². The van der Waals surface area contributed by atoms with Crippen molar-refractivity contribution in [2.45, 2.75) is 112 Å². The SMILES string of the molecule is CC(C)C1=C2[C@H]3CC[C@@H]4C5(C)CC[C@H](O)C(C)(C)[C@@H]5CC[C@@]4(C)[C@]3(C)CC[C@@]2(C=O)CC1=O. The van der Waals surface area contributed by atoms with Crippen molar-refractivity contribution in [2.24, 2.45) is 50.7 Å². The third-order valence-corrected chi connectivity index (χ3v) is 12.7. The summed E-state index contributed by atoms with van der Waals surface area (Å²) in [5.74, 6) is 1.98. The molecule has 0 radical (unpaired) electrons. The Labute approximate surface area is 201 Å². The lowest BCUT2D eigenvalue weighted by Gasteiger charge is -2.72. The standard InChI is InChI=1S/C30H46O3/c1-18(2)24-20(32)16-30(17-31)15-14-28(6)19(25(24)30)8-9-22-27(5)12-11-23(33)26(3,4)21(27)10-13-29(22,28)7/h17-19,21-23,33H,8-16H2,1-7H3/t19-,21+,22-,23+,27?,28-,29-,30+/m1/s1. The predicted octanol–water partition coefficient (Wildman–Crippen LogP) is 6.53. The average molecular weight is 455 g/mol. The number of aldehydes is 1. The molecule has 184 valence electrons. The average Bonchev–Trinajstić information content (AvgIpc) is 3.04. The highest BCUT2D eigenvalue weighted by molar-refractivity contribution is 6.03. The minimum Gasteiger partial charge on any atom is -0.393 e. The van der Waals surface area contributed by atoms with Gasteiger partial charge in [-0.1, -0.05) is 48.5 Å². The third kappa shape index (κ3) is 2.72. The zero-order valence-corrected chi connectivity index (χ0v) is 22.1. The summed E-state index contributed by atoms with van der Waals surface area (Å²) >= 11 is 0. The van der Waals surface area contributed by atoms with Gasteiger partial charge in [-0.25, -0.2) is 0 Å². The molecule has 1 unspecified atom stereocenters. The molecule has 1 N–H and O–H groups in total. The lowest BCUT2D eigenvalue weighted by molar-refractivity contribution is -0.227. The first-order chi connectivity index (χ1) is 15.3. The van der Waals surface area contributed by atoms with E-state index in [0.717, 1.165) is 44.0 Å². The number of aliphatic hydroxyl groups excluding tert-OH is 1. The predicted molar refractivity (Wildman–Crippen MR) is 131 cm³/mol. The largest absolute Gasteiger partial charge is 0.393 e. The molecular formula is C30H46O3. The molecule has 0 saturated heterocycles. The highest BCUT2D eigenvalue weighted by Crippen LogP contribution is 2.76. The van der Waals surface area contributed by atoms with Gasteiger partial charge in [-0.2, -0.15) is 0 Å². The second kappa shape index (κ2) is 7.05. The fourth-order valence-corrected chi connectivity index (χ4v) is 10.8. The van der Waals surface area contributed by atoms with E-state index in [1.807, 2.05) is 0 Å². The van der Waals surface area contributed by atoms with Gasteiger partial charge < -0.3 is 9.90 Å². The molecule has 0 amide bonds. The van der Waals surface area contributed by atoms with E-state index in [1.54, 1.807) is 0 Å². The smallest absolute Gasteiger partial charge is 0.160 e. The minimum atomic E-state index is -0.526. The molecule has 8 atom stereocenters. The summed E-state index contributed by atoms with van der Waals surface area (Å²) in [6, 6.07) is 0. The molecule has 0 spiro atoms. The van der Waals surface area contributed by atoms with Crippen molar-refractivity contribution in [1.82, 2.24) is 0 Å². The molecule has 0 bridgehead atoms. The maximum absolute atomic E-state index is 13.2. The highest BCUT2D eigenvalue weighted by atomic mass is 16.3. The van der Waals surface area contributed by atoms with E-state index in [0.29, 0.717) is 24.2 Å². The number of carbonyl (C=O) groups excluding carboxylic acids is 2. The first kappa shape index (κ1) is 23.8. The van der Waals surface area contributed by atoms with E-state index in [2.05, 4.69) is 48.5 Å². The van der Waals surface area contributed by atoms with Crippen molar-refractivity contribution in [1.29, 1.82) is 0 Å². The van der Waals surface area contributed by atoms with Gasteiger partial charge in [0.2, 0.25) is 0 Å². The summed E-state index contributed by atoms with van der Waals surface area (Å²) in [5, 5.41) is 10.9. The van der Waals surface area contributed by atoms with Gasteiger partial charge in [-0.3, -0.25) is 4.79 Å². The molecule has 0 heterocycles. The number of hydrogen-bond donors (Lipinski definition) is 1. The molecule has 4 fully saturated rings. The number of rotatable bonds is 2. The number of ketones is 1. The Morgan fingerprint density at radius 3 is 2.21 bits per heavy atom. The van der Waals surface area contributed by atoms with Gasteiger partial charge in [0.1, 0.15) is 6.29 Å². The van der Waals surface area contributed by atoms with Gasteiger partial charge in [-0.05, 0) is 108 Å². The van der Waals surface area contributed by atoms with Crippen molar-refractivity contribution in [3.05, 3.63) is 11.1 Å². The number of hydrogen-bond acceptors (Lipinski definition) is 3. The van der Waals surface area contributed by atoms with Crippen LogP contribution >= 0.6 is 0 Å². The van der Waals surface area contributed by atoms with Crippen LogP contribution in [-0.4, -0.2) is 23.3 Å². The molecule has 0 aromatic rings. The fraction of sp³-hybridized carbons (Fsp3) is 0.867. The zero-order valence-electron chi connectivity index (χ0n) is 22.1. The van der Waals surface area contributed by atoms with Crippen molar-refractivity contribution < 1.29 is 14.7 Å². The number of fused-ring (bicyclic) bond motifs is 7. The second-order valence-electron chi connectivity index (χ2n) is 14.3. The van der Waals surface area contributed by atoms with E-state index in [1.165, 1.54) is 24.8 Å². The van der Waals surface area contributed by atoms with Gasteiger partial charge >= 0.3 is 0 Å².